The summed E-state index contributed by atoms with van der Waals surface area (Å²) in [5.74, 6) is 0.727. The Bertz CT molecular complexity index is 875. The summed E-state index contributed by atoms with van der Waals surface area (Å²) < 4.78 is 5.66. The summed E-state index contributed by atoms with van der Waals surface area (Å²) in [6, 6.07) is 18.0. The molecule has 4 nitrogen and oxygen atoms in total. The van der Waals surface area contributed by atoms with E-state index in [1.165, 1.54) is 16.9 Å². The highest BCUT2D eigenvalue weighted by atomic mass is 32.1. The number of carbonyl (C=O) groups is 1. The molecule has 26 heavy (non-hydrogen) atoms. The molecule has 0 saturated heterocycles. The molecule has 1 heterocycles. The summed E-state index contributed by atoms with van der Waals surface area (Å²) in [4.78, 5) is 17.6. The average molecular weight is 366 g/mol. The van der Waals surface area contributed by atoms with Crippen LogP contribution < -0.4 is 10.1 Å². The van der Waals surface area contributed by atoms with Crippen molar-refractivity contribution in [2.24, 2.45) is 0 Å². The maximum absolute atomic E-state index is 12.4. The number of rotatable bonds is 7. The molecular formula is C21H22N2O2S. The first kappa shape index (κ1) is 18.1. The number of nitrogens with zero attached hydrogens (tertiary/aromatic N) is 1. The number of amides is 1. The van der Waals surface area contributed by atoms with Crippen molar-refractivity contribution >= 4 is 17.2 Å². The lowest BCUT2D eigenvalue weighted by Gasteiger charge is -2.07. The van der Waals surface area contributed by atoms with E-state index in [1.54, 1.807) is 0 Å². The van der Waals surface area contributed by atoms with Gasteiger partial charge in [-0.3, -0.25) is 4.79 Å². The minimum absolute atomic E-state index is 0.0906. The Hall–Kier alpha value is -2.66. The number of benzene rings is 2. The molecule has 5 heteroatoms. The SMILES string of the molecule is Cc1cccc(OCCNC(=O)c2sc(Cc3ccccc3)nc2C)c1. The summed E-state index contributed by atoms with van der Waals surface area (Å²) in [6.07, 6.45) is 0.746. The summed E-state index contributed by atoms with van der Waals surface area (Å²) in [5.41, 5.74) is 3.12. The smallest absolute Gasteiger partial charge is 0.263 e. The number of nitrogens with one attached hydrogen (secondary N) is 1. The normalized spacial score (nSPS) is 10.5. The van der Waals surface area contributed by atoms with E-state index in [9.17, 15) is 4.79 Å². The van der Waals surface area contributed by atoms with Crippen LogP contribution in [0.1, 0.15) is 31.5 Å². The maximum Gasteiger partial charge on any atom is 0.263 e. The van der Waals surface area contributed by atoms with Crippen molar-refractivity contribution in [3.63, 3.8) is 0 Å². The monoisotopic (exact) mass is 366 g/mol. The van der Waals surface area contributed by atoms with Crippen molar-refractivity contribution in [3.8, 4) is 5.75 Å². The maximum atomic E-state index is 12.4. The fourth-order valence-corrected chi connectivity index (χ4v) is 3.64. The molecule has 0 atom stereocenters. The first-order valence-corrected chi connectivity index (χ1v) is 9.41. The van der Waals surface area contributed by atoms with Crippen molar-refractivity contribution in [1.82, 2.24) is 10.3 Å². The molecule has 2 aromatic carbocycles. The molecule has 0 unspecified atom stereocenters. The Balaban J connectivity index is 1.51. The highest BCUT2D eigenvalue weighted by molar-refractivity contribution is 7.13. The molecule has 0 spiro atoms. The lowest BCUT2D eigenvalue weighted by Crippen LogP contribution is -2.27. The molecule has 0 aliphatic rings. The van der Waals surface area contributed by atoms with Gasteiger partial charge in [-0.2, -0.15) is 0 Å². The number of aryl methyl sites for hydroxylation is 2. The topological polar surface area (TPSA) is 51.2 Å². The average Bonchev–Trinajstić information content (AvgIpc) is 3.00. The van der Waals surface area contributed by atoms with Gasteiger partial charge in [0.1, 0.15) is 17.2 Å². The van der Waals surface area contributed by atoms with E-state index in [4.69, 9.17) is 4.74 Å². The molecule has 3 rings (SSSR count). The first-order valence-electron chi connectivity index (χ1n) is 8.60. The van der Waals surface area contributed by atoms with Crippen molar-refractivity contribution in [2.75, 3.05) is 13.2 Å². The van der Waals surface area contributed by atoms with Crippen LogP contribution in [-0.4, -0.2) is 24.0 Å². The van der Waals surface area contributed by atoms with Gasteiger partial charge in [0.05, 0.1) is 17.2 Å². The van der Waals surface area contributed by atoms with Crippen LogP contribution >= 0.6 is 11.3 Å². The number of aromatic nitrogens is 1. The number of ether oxygens (including phenoxy) is 1. The molecule has 0 bridgehead atoms. The summed E-state index contributed by atoms with van der Waals surface area (Å²) in [7, 11) is 0. The van der Waals surface area contributed by atoms with Crippen LogP contribution in [0, 0.1) is 13.8 Å². The molecule has 0 radical (unpaired) electrons. The fourth-order valence-electron chi connectivity index (χ4n) is 2.63. The van der Waals surface area contributed by atoms with E-state index in [-0.39, 0.29) is 5.91 Å². The molecular weight excluding hydrogens is 344 g/mol. The quantitative estimate of drug-likeness (QED) is 0.639. The molecule has 0 fully saturated rings. The van der Waals surface area contributed by atoms with Gasteiger partial charge in [-0.25, -0.2) is 4.98 Å². The van der Waals surface area contributed by atoms with Gasteiger partial charge in [-0.15, -0.1) is 11.3 Å². The summed E-state index contributed by atoms with van der Waals surface area (Å²) >= 11 is 1.45. The predicted molar refractivity (Wildman–Crippen MR) is 105 cm³/mol. The van der Waals surface area contributed by atoms with E-state index in [0.717, 1.165) is 28.4 Å². The highest BCUT2D eigenvalue weighted by Gasteiger charge is 2.15. The third-order valence-electron chi connectivity index (χ3n) is 3.89. The van der Waals surface area contributed by atoms with Crippen LogP contribution in [0.15, 0.2) is 54.6 Å². The lowest BCUT2D eigenvalue weighted by atomic mass is 10.2. The minimum atomic E-state index is -0.0906. The van der Waals surface area contributed by atoms with Gasteiger partial charge in [-0.05, 0) is 37.1 Å². The highest BCUT2D eigenvalue weighted by Crippen LogP contribution is 2.20. The van der Waals surface area contributed by atoms with E-state index in [1.807, 2.05) is 56.3 Å². The third kappa shape index (κ3) is 4.92. The molecule has 134 valence electrons. The van der Waals surface area contributed by atoms with Gasteiger partial charge >= 0.3 is 0 Å². The predicted octanol–water partition coefficient (Wildman–Crippen LogP) is 4.16. The van der Waals surface area contributed by atoms with Crippen LogP contribution in [-0.2, 0) is 6.42 Å². The van der Waals surface area contributed by atoms with Crippen LogP contribution in [0.5, 0.6) is 5.75 Å². The fraction of sp³-hybridized carbons (Fsp3) is 0.238. The van der Waals surface area contributed by atoms with Gasteiger partial charge in [0, 0.05) is 6.42 Å². The summed E-state index contributed by atoms with van der Waals surface area (Å²) in [5, 5.41) is 3.86. The molecule has 3 aromatic rings. The van der Waals surface area contributed by atoms with Gasteiger partial charge in [0.2, 0.25) is 0 Å². The second kappa shape index (κ2) is 8.63. The van der Waals surface area contributed by atoms with Gasteiger partial charge in [-0.1, -0.05) is 42.5 Å². The second-order valence-corrected chi connectivity index (χ2v) is 7.19. The molecule has 1 aromatic heterocycles. The van der Waals surface area contributed by atoms with Crippen molar-refractivity contribution in [1.29, 1.82) is 0 Å². The zero-order chi connectivity index (χ0) is 18.4. The zero-order valence-corrected chi connectivity index (χ0v) is 15.8. The number of thiazole rings is 1. The summed E-state index contributed by atoms with van der Waals surface area (Å²) in [6.45, 7) is 4.79. The van der Waals surface area contributed by atoms with Gasteiger partial charge < -0.3 is 10.1 Å². The Morgan fingerprint density at radius 3 is 2.69 bits per heavy atom. The number of hydrogen-bond acceptors (Lipinski definition) is 4. The molecule has 0 saturated carbocycles. The van der Waals surface area contributed by atoms with Crippen LogP contribution in [0.2, 0.25) is 0 Å². The molecule has 0 aliphatic carbocycles. The Morgan fingerprint density at radius 2 is 1.92 bits per heavy atom. The first-order chi connectivity index (χ1) is 12.6. The van der Waals surface area contributed by atoms with Crippen molar-refractivity contribution in [3.05, 3.63) is 81.3 Å². The number of carbonyl (C=O) groups excluding carboxylic acids is 1. The Labute approximate surface area is 157 Å². The van der Waals surface area contributed by atoms with Crippen molar-refractivity contribution < 1.29 is 9.53 Å². The van der Waals surface area contributed by atoms with E-state index in [0.29, 0.717) is 18.0 Å². The van der Waals surface area contributed by atoms with Crippen LogP contribution in [0.25, 0.3) is 0 Å². The third-order valence-corrected chi connectivity index (χ3v) is 5.05. The number of hydrogen-bond donors (Lipinski definition) is 1. The Kier molecular flexibility index (Phi) is 6.02. The largest absolute Gasteiger partial charge is 0.492 e. The second-order valence-electron chi connectivity index (χ2n) is 6.11. The van der Waals surface area contributed by atoms with E-state index >= 15 is 0 Å². The van der Waals surface area contributed by atoms with Gasteiger partial charge in [0.15, 0.2) is 0 Å². The standard InChI is InChI=1S/C21H22N2O2S/c1-15-7-6-10-18(13-15)25-12-11-22-21(24)20-16(2)23-19(26-20)14-17-8-4-3-5-9-17/h3-10,13H,11-12,14H2,1-2H3,(H,22,24). The van der Waals surface area contributed by atoms with Gasteiger partial charge in [0.25, 0.3) is 5.91 Å². The molecule has 1 amide bonds. The zero-order valence-electron chi connectivity index (χ0n) is 15.0. The van der Waals surface area contributed by atoms with E-state index < -0.39 is 0 Å². The Morgan fingerprint density at radius 1 is 1.12 bits per heavy atom. The van der Waals surface area contributed by atoms with E-state index in [2.05, 4.69) is 22.4 Å². The molecule has 0 aliphatic heterocycles. The minimum Gasteiger partial charge on any atom is -0.492 e. The lowest BCUT2D eigenvalue weighted by molar-refractivity contribution is 0.0950. The van der Waals surface area contributed by atoms with Crippen molar-refractivity contribution in [2.45, 2.75) is 20.3 Å². The van der Waals surface area contributed by atoms with Crippen LogP contribution in [0.4, 0.5) is 0 Å². The van der Waals surface area contributed by atoms with Crippen LogP contribution in [0.3, 0.4) is 0 Å². The molecule has 1 N–H and O–H groups in total.